The predicted molar refractivity (Wildman–Crippen MR) is 233 cm³/mol. The van der Waals surface area contributed by atoms with E-state index < -0.39 is 129 Å². The highest BCUT2D eigenvalue weighted by molar-refractivity contribution is 5.88. The Hall–Kier alpha value is -1.53. The minimum Gasteiger partial charge on any atom is -0.394 e. The number of aliphatic hydroxyl groups is 11. The van der Waals surface area contributed by atoms with E-state index in [1.807, 2.05) is 6.92 Å². The number of carbonyl (C=O) groups is 1. The van der Waals surface area contributed by atoms with Crippen molar-refractivity contribution >= 4 is 5.78 Å². The Kier molecular flexibility index (Phi) is 15.8. The molecule has 23 atom stereocenters. The van der Waals surface area contributed by atoms with E-state index in [0.29, 0.717) is 36.9 Å². The molecule has 0 aromatic heterocycles. The van der Waals surface area contributed by atoms with Crippen LogP contribution in [0.5, 0.6) is 0 Å². The van der Waals surface area contributed by atoms with Crippen LogP contribution in [0.4, 0.5) is 0 Å². The molecule has 0 aromatic carbocycles. The fourth-order valence-corrected chi connectivity index (χ4v) is 13.7. The Bertz CT molecular complexity index is 1760. The Labute approximate surface area is 387 Å². The maximum absolute atomic E-state index is 14.9. The average molecular weight is 943 g/mol. The van der Waals surface area contributed by atoms with E-state index in [9.17, 15) is 61.0 Å². The van der Waals surface area contributed by atoms with Gasteiger partial charge in [-0.05, 0) is 86.4 Å². The molecule has 0 amide bonds. The summed E-state index contributed by atoms with van der Waals surface area (Å²) in [5.41, 5.74) is 0.593. The van der Waals surface area contributed by atoms with E-state index in [2.05, 4.69) is 53.7 Å². The van der Waals surface area contributed by atoms with Gasteiger partial charge in [0.2, 0.25) is 0 Å². The number of carbonyl (C=O) groups excluding carboxylic acids is 1. The molecule has 18 nitrogen and oxygen atoms in total. The summed E-state index contributed by atoms with van der Waals surface area (Å²) in [7, 11) is 0. The zero-order valence-electron chi connectivity index (χ0n) is 39.5. The summed E-state index contributed by atoms with van der Waals surface area (Å²) < 4.78 is 35.2. The number of Topliss-reactive ketones (excluding diaryl/α,β-unsaturated/α-hetero) is 1. The van der Waals surface area contributed by atoms with E-state index in [1.54, 1.807) is 0 Å². The maximum Gasteiger partial charge on any atom is 0.187 e. The van der Waals surface area contributed by atoms with Crippen LogP contribution >= 0.6 is 0 Å². The van der Waals surface area contributed by atoms with Crippen LogP contribution < -0.4 is 0 Å². The lowest BCUT2D eigenvalue weighted by Gasteiger charge is -2.65. The van der Waals surface area contributed by atoms with Crippen LogP contribution in [0.1, 0.15) is 99.8 Å². The lowest BCUT2D eigenvalue weighted by Crippen LogP contribution is -2.64. The third-order valence-corrected chi connectivity index (χ3v) is 18.0. The third kappa shape index (κ3) is 8.83. The van der Waals surface area contributed by atoms with Crippen LogP contribution in [-0.4, -0.2) is 187 Å². The van der Waals surface area contributed by atoms with E-state index in [4.69, 9.17) is 28.4 Å². The summed E-state index contributed by atoms with van der Waals surface area (Å²) in [5.74, 6) is 1.06. The molecule has 3 aliphatic heterocycles. The molecule has 7 rings (SSSR count). The van der Waals surface area contributed by atoms with Gasteiger partial charge in [-0.2, -0.15) is 0 Å². The van der Waals surface area contributed by atoms with Crippen LogP contribution in [0.25, 0.3) is 0 Å². The number of hydrogen-bond acceptors (Lipinski definition) is 18. The first kappa shape index (κ1) is 52.3. The normalized spacial score (nSPS) is 50.0. The van der Waals surface area contributed by atoms with Gasteiger partial charge in [0.05, 0.1) is 32.5 Å². The predicted octanol–water partition coefficient (Wildman–Crippen LogP) is -0.0410. The summed E-state index contributed by atoms with van der Waals surface area (Å²) in [6.45, 7) is 13.5. The van der Waals surface area contributed by atoms with Crippen LogP contribution in [0, 0.1) is 45.3 Å². The van der Waals surface area contributed by atoms with Crippen molar-refractivity contribution < 1.29 is 89.4 Å². The molecule has 0 aromatic rings. The quantitative estimate of drug-likeness (QED) is 0.102. The molecule has 11 N–H and O–H groups in total. The fraction of sp³-hybridized carbons (Fsp3) is 0.896. The van der Waals surface area contributed by atoms with Crippen molar-refractivity contribution in [3.8, 4) is 0 Å². The molecule has 0 spiro atoms. The Balaban J connectivity index is 0.985. The molecule has 6 fully saturated rings. The van der Waals surface area contributed by atoms with Crippen molar-refractivity contribution in [2.75, 3.05) is 26.4 Å². The fourth-order valence-electron chi connectivity index (χ4n) is 13.7. The molecule has 3 saturated carbocycles. The molecular weight excluding hydrogens is 865 g/mol. The molecule has 18 heteroatoms. The smallest absolute Gasteiger partial charge is 0.187 e. The number of fused-ring (bicyclic) bond motifs is 5. The summed E-state index contributed by atoms with van der Waals surface area (Å²) in [6, 6.07) is 0. The molecule has 7 aliphatic rings. The van der Waals surface area contributed by atoms with Gasteiger partial charge in [0.15, 0.2) is 18.9 Å². The van der Waals surface area contributed by atoms with Crippen LogP contribution in [0.3, 0.4) is 0 Å². The minimum atomic E-state index is -1.77. The second-order valence-electron chi connectivity index (χ2n) is 21.9. The van der Waals surface area contributed by atoms with Crippen molar-refractivity contribution in [1.82, 2.24) is 0 Å². The van der Waals surface area contributed by atoms with Crippen LogP contribution in [0.2, 0.25) is 0 Å². The van der Waals surface area contributed by atoms with Gasteiger partial charge >= 0.3 is 0 Å². The highest BCUT2D eigenvalue weighted by atomic mass is 16.8. The zero-order chi connectivity index (χ0) is 48.4. The molecule has 3 saturated heterocycles. The van der Waals surface area contributed by atoms with E-state index in [1.165, 1.54) is 5.57 Å². The van der Waals surface area contributed by atoms with Gasteiger partial charge in [-0.15, -0.1) is 0 Å². The first-order valence-electron chi connectivity index (χ1n) is 24.1. The third-order valence-electron chi connectivity index (χ3n) is 18.0. The second kappa shape index (κ2) is 19.9. The van der Waals surface area contributed by atoms with Gasteiger partial charge in [-0.1, -0.05) is 64.8 Å². The summed E-state index contributed by atoms with van der Waals surface area (Å²) in [6.07, 6.45) is -12.0. The van der Waals surface area contributed by atoms with Crippen molar-refractivity contribution in [1.29, 1.82) is 0 Å². The van der Waals surface area contributed by atoms with Crippen molar-refractivity contribution in [2.45, 2.75) is 198 Å². The monoisotopic (exact) mass is 943 g/mol. The van der Waals surface area contributed by atoms with Crippen molar-refractivity contribution in [2.24, 2.45) is 45.3 Å². The van der Waals surface area contributed by atoms with Gasteiger partial charge in [0.25, 0.3) is 0 Å². The Morgan fingerprint density at radius 3 is 1.85 bits per heavy atom. The molecule has 66 heavy (non-hydrogen) atoms. The van der Waals surface area contributed by atoms with E-state index in [0.717, 1.165) is 37.7 Å². The van der Waals surface area contributed by atoms with Gasteiger partial charge in [0.1, 0.15) is 79.0 Å². The Morgan fingerprint density at radius 1 is 0.727 bits per heavy atom. The summed E-state index contributed by atoms with van der Waals surface area (Å²) in [5, 5.41) is 113. The number of hydrogen-bond donors (Lipinski definition) is 11. The number of aliphatic hydroxyl groups excluding tert-OH is 11. The molecule has 4 aliphatic carbocycles. The maximum atomic E-state index is 14.9. The molecular formula is C48H78O18. The largest absolute Gasteiger partial charge is 0.394 e. The van der Waals surface area contributed by atoms with Gasteiger partial charge in [0, 0.05) is 17.3 Å². The number of allylic oxidation sites excluding steroid dienone is 2. The minimum absolute atomic E-state index is 0.0121. The highest BCUT2D eigenvalue weighted by Crippen LogP contribution is 2.74. The van der Waals surface area contributed by atoms with Gasteiger partial charge < -0.3 is 84.6 Å². The molecule has 3 heterocycles. The van der Waals surface area contributed by atoms with Gasteiger partial charge in [-0.25, -0.2) is 0 Å². The number of ketones is 1. The Morgan fingerprint density at radius 2 is 1.27 bits per heavy atom. The highest BCUT2D eigenvalue weighted by Gasteiger charge is 2.70. The van der Waals surface area contributed by atoms with E-state index in [-0.39, 0.29) is 29.3 Å². The molecule has 0 radical (unpaired) electrons. The second-order valence-corrected chi connectivity index (χ2v) is 21.9. The standard InChI is InChI=1S/C48H78O18/c1-22(21-61-44-41(38(58)35(55)29(20-51)64-44)66-43-40(60)37(57)34(54)28(19-50)63-43)9-8-10-23(2)24-15-16-46(5)30-13-11-25-26(48(30,7)31(52)17-47(24,46)6)12-14-32(45(25,3)4)65-42-39(59)36(56)33(53)27(18-49)62-42/h9,11,23-24,26-30,32-44,49-51,53-60H,8,10,12-21H2,1-7H3/b22-9+/t23-,24+,26+,27-,28-,29+,30-,32+,33-,34+,35+,36+,37-,38-,39+,40-,41+,42-,43-,44-,46-,47+,48+/m0/s1. The van der Waals surface area contributed by atoms with E-state index >= 15 is 0 Å². The lowest BCUT2D eigenvalue weighted by atomic mass is 9.38. The number of rotatable bonds is 14. The molecule has 378 valence electrons. The van der Waals surface area contributed by atoms with Crippen LogP contribution in [0.15, 0.2) is 23.3 Å². The number of ether oxygens (including phenoxy) is 6. The van der Waals surface area contributed by atoms with Crippen molar-refractivity contribution in [3.63, 3.8) is 0 Å². The van der Waals surface area contributed by atoms with Gasteiger partial charge in [-0.3, -0.25) is 4.79 Å². The lowest BCUT2D eigenvalue weighted by molar-refractivity contribution is -0.366. The SMILES string of the molecule is C/C(=C\CC[C@H](C)[C@H]1CC[C@@]2(C)[C@@H]3CC=C4[C@@H](CC[C@@H](O[C@@H]5O[C@@H](CO)[C@H](O)[C@@H](O)[C@H]5O)C4(C)C)[C@@]3(C)C(=O)C[C@]12C)CO[C@H]1O[C@H](CO)[C@@H](O)[C@H](O)[C@H]1O[C@@H]1O[C@@H](CO)[C@@H](O)[C@H](O)[C@@H]1O. The zero-order valence-corrected chi connectivity index (χ0v) is 39.5. The van der Waals surface area contributed by atoms with Crippen molar-refractivity contribution in [3.05, 3.63) is 23.3 Å². The molecule has 0 bridgehead atoms. The summed E-state index contributed by atoms with van der Waals surface area (Å²) in [4.78, 5) is 14.9. The summed E-state index contributed by atoms with van der Waals surface area (Å²) >= 11 is 0. The first-order chi connectivity index (χ1) is 31.0. The first-order valence-corrected chi connectivity index (χ1v) is 24.1. The average Bonchev–Trinajstić information content (AvgIpc) is 3.55. The molecule has 0 unspecified atom stereocenters. The van der Waals surface area contributed by atoms with Crippen LogP contribution in [-0.2, 0) is 33.2 Å². The topological polar surface area (TPSA) is 295 Å².